The van der Waals surface area contributed by atoms with Crippen LogP contribution in [-0.2, 0) is 5.88 Å². The van der Waals surface area contributed by atoms with Crippen LogP contribution in [0.5, 0.6) is 0 Å². The van der Waals surface area contributed by atoms with E-state index in [9.17, 15) is 0 Å². The van der Waals surface area contributed by atoms with Crippen LogP contribution in [0.15, 0.2) is 35.7 Å². The third kappa shape index (κ3) is 2.66. The Labute approximate surface area is 122 Å². The molecule has 0 saturated heterocycles. The van der Waals surface area contributed by atoms with Gasteiger partial charge in [-0.05, 0) is 30.0 Å². The zero-order valence-electron chi connectivity index (χ0n) is 10.4. The van der Waals surface area contributed by atoms with Gasteiger partial charge in [-0.25, -0.2) is 0 Å². The first-order chi connectivity index (χ1) is 8.65. The molecule has 96 valence electrons. The summed E-state index contributed by atoms with van der Waals surface area (Å²) in [5, 5.41) is 2.84. The fourth-order valence-electron chi connectivity index (χ4n) is 1.98. The molecule has 0 bridgehead atoms. The Morgan fingerprint density at radius 2 is 2.06 bits per heavy atom. The molecular formula is C14H15Cl2NS. The number of para-hydroxylation sites is 1. The molecule has 0 radical (unpaired) electrons. The van der Waals surface area contributed by atoms with Gasteiger partial charge in [-0.15, -0.1) is 22.9 Å². The molecule has 0 aliphatic heterocycles. The average Bonchev–Trinajstić information content (AvgIpc) is 2.90. The molecule has 1 nitrogen and oxygen atoms in total. The summed E-state index contributed by atoms with van der Waals surface area (Å²) in [6.07, 6.45) is 0. The van der Waals surface area contributed by atoms with E-state index in [4.69, 9.17) is 23.2 Å². The van der Waals surface area contributed by atoms with Gasteiger partial charge in [0.05, 0.1) is 16.8 Å². The van der Waals surface area contributed by atoms with E-state index in [-0.39, 0.29) is 6.04 Å². The van der Waals surface area contributed by atoms with Crippen LogP contribution in [-0.4, -0.2) is 7.05 Å². The molecule has 18 heavy (non-hydrogen) atoms. The zero-order chi connectivity index (χ0) is 13.1. The number of benzene rings is 1. The first kappa shape index (κ1) is 13.7. The van der Waals surface area contributed by atoms with Crippen molar-refractivity contribution in [3.63, 3.8) is 0 Å². The summed E-state index contributed by atoms with van der Waals surface area (Å²) in [5.74, 6) is 0.470. The second kappa shape index (κ2) is 5.96. The number of nitrogens with zero attached hydrogens (tertiary/aromatic N) is 1. The zero-order valence-corrected chi connectivity index (χ0v) is 12.7. The summed E-state index contributed by atoms with van der Waals surface area (Å²) in [4.78, 5) is 3.50. The predicted octanol–water partition coefficient (Wildman–Crippen LogP) is 5.34. The van der Waals surface area contributed by atoms with E-state index in [1.807, 2.05) is 18.2 Å². The maximum Gasteiger partial charge on any atom is 0.0642 e. The van der Waals surface area contributed by atoms with Crippen molar-refractivity contribution < 1.29 is 0 Å². The standard InChI is InChI=1S/C14H15Cl2NS/c1-10(13-7-4-8-18-13)17(2)14-11(9-15)5-3-6-12(14)16/h3-8,10H,9H2,1-2H3. The first-order valence-electron chi connectivity index (χ1n) is 5.74. The highest BCUT2D eigenvalue weighted by molar-refractivity contribution is 7.10. The van der Waals surface area contributed by atoms with Crippen molar-refractivity contribution in [3.8, 4) is 0 Å². The minimum Gasteiger partial charge on any atom is -0.366 e. The summed E-state index contributed by atoms with van der Waals surface area (Å²) in [6, 6.07) is 10.4. The molecule has 1 atom stereocenters. The Bertz CT molecular complexity index is 511. The molecule has 0 saturated carbocycles. The molecule has 1 unspecified atom stereocenters. The van der Waals surface area contributed by atoms with Gasteiger partial charge >= 0.3 is 0 Å². The minimum atomic E-state index is 0.284. The Morgan fingerprint density at radius 3 is 2.67 bits per heavy atom. The number of hydrogen-bond acceptors (Lipinski definition) is 2. The van der Waals surface area contributed by atoms with Crippen LogP contribution in [0.2, 0.25) is 5.02 Å². The smallest absolute Gasteiger partial charge is 0.0642 e. The lowest BCUT2D eigenvalue weighted by Crippen LogP contribution is -2.22. The number of thiophene rings is 1. The Balaban J connectivity index is 2.36. The van der Waals surface area contributed by atoms with Crippen LogP contribution in [0.25, 0.3) is 0 Å². The van der Waals surface area contributed by atoms with Crippen molar-refractivity contribution in [2.24, 2.45) is 0 Å². The van der Waals surface area contributed by atoms with E-state index in [0.29, 0.717) is 5.88 Å². The van der Waals surface area contributed by atoms with Crippen LogP contribution in [0.3, 0.4) is 0 Å². The highest BCUT2D eigenvalue weighted by atomic mass is 35.5. The lowest BCUT2D eigenvalue weighted by Gasteiger charge is -2.29. The summed E-state index contributed by atoms with van der Waals surface area (Å²) in [7, 11) is 2.06. The summed E-state index contributed by atoms with van der Waals surface area (Å²) in [5.41, 5.74) is 2.09. The van der Waals surface area contributed by atoms with Crippen molar-refractivity contribution in [2.75, 3.05) is 11.9 Å². The van der Waals surface area contributed by atoms with E-state index in [1.54, 1.807) is 11.3 Å². The lowest BCUT2D eigenvalue weighted by molar-refractivity contribution is 0.751. The van der Waals surface area contributed by atoms with Gasteiger partial charge < -0.3 is 4.90 Å². The first-order valence-corrected chi connectivity index (χ1v) is 7.54. The fourth-order valence-corrected chi connectivity index (χ4v) is 3.35. The van der Waals surface area contributed by atoms with E-state index in [0.717, 1.165) is 16.3 Å². The van der Waals surface area contributed by atoms with Crippen molar-refractivity contribution in [3.05, 3.63) is 51.2 Å². The van der Waals surface area contributed by atoms with Gasteiger partial charge in [-0.1, -0.05) is 29.8 Å². The summed E-state index contributed by atoms with van der Waals surface area (Å²) >= 11 is 14.1. The average molecular weight is 300 g/mol. The molecule has 0 aliphatic carbocycles. The van der Waals surface area contributed by atoms with Crippen LogP contribution in [0, 0.1) is 0 Å². The second-order valence-electron chi connectivity index (χ2n) is 4.18. The van der Waals surface area contributed by atoms with E-state index < -0.39 is 0 Å². The molecule has 2 aromatic rings. The molecule has 2 rings (SSSR count). The number of alkyl halides is 1. The predicted molar refractivity (Wildman–Crippen MR) is 82.1 cm³/mol. The highest BCUT2D eigenvalue weighted by Gasteiger charge is 2.18. The van der Waals surface area contributed by atoms with Gasteiger partial charge in [0.1, 0.15) is 0 Å². The summed E-state index contributed by atoms with van der Waals surface area (Å²) in [6.45, 7) is 2.17. The molecule has 1 aromatic heterocycles. The monoisotopic (exact) mass is 299 g/mol. The molecule has 0 N–H and O–H groups in total. The fraction of sp³-hybridized carbons (Fsp3) is 0.286. The third-order valence-electron chi connectivity index (χ3n) is 3.10. The highest BCUT2D eigenvalue weighted by Crippen LogP contribution is 2.36. The Kier molecular flexibility index (Phi) is 4.55. The van der Waals surface area contributed by atoms with Gasteiger partial charge in [-0.2, -0.15) is 0 Å². The van der Waals surface area contributed by atoms with Gasteiger partial charge in [0.2, 0.25) is 0 Å². The van der Waals surface area contributed by atoms with Crippen LogP contribution in [0.1, 0.15) is 23.4 Å². The number of anilines is 1. The number of hydrogen-bond donors (Lipinski definition) is 0. The minimum absolute atomic E-state index is 0.284. The van der Waals surface area contributed by atoms with Crippen molar-refractivity contribution in [2.45, 2.75) is 18.8 Å². The lowest BCUT2D eigenvalue weighted by atomic mass is 10.1. The molecule has 0 spiro atoms. The number of rotatable bonds is 4. The molecular weight excluding hydrogens is 285 g/mol. The molecule has 0 fully saturated rings. The van der Waals surface area contributed by atoms with Crippen LogP contribution < -0.4 is 4.90 Å². The van der Waals surface area contributed by atoms with Gasteiger partial charge in [-0.3, -0.25) is 0 Å². The molecule has 0 aliphatic rings. The molecule has 0 amide bonds. The van der Waals surface area contributed by atoms with Crippen molar-refractivity contribution in [1.82, 2.24) is 0 Å². The number of halogens is 2. The van der Waals surface area contributed by atoms with Crippen molar-refractivity contribution >= 4 is 40.2 Å². The maximum absolute atomic E-state index is 6.31. The summed E-state index contributed by atoms with van der Waals surface area (Å²) < 4.78 is 0. The Hall–Kier alpha value is -0.700. The van der Waals surface area contributed by atoms with E-state index >= 15 is 0 Å². The topological polar surface area (TPSA) is 3.24 Å². The van der Waals surface area contributed by atoms with Gasteiger partial charge in [0.15, 0.2) is 0 Å². The second-order valence-corrected chi connectivity index (χ2v) is 5.84. The largest absolute Gasteiger partial charge is 0.366 e. The van der Waals surface area contributed by atoms with Crippen LogP contribution in [0.4, 0.5) is 5.69 Å². The molecule has 4 heteroatoms. The van der Waals surface area contributed by atoms with E-state index in [2.05, 4.69) is 36.4 Å². The van der Waals surface area contributed by atoms with Crippen LogP contribution >= 0.6 is 34.5 Å². The van der Waals surface area contributed by atoms with Gasteiger partial charge in [0.25, 0.3) is 0 Å². The van der Waals surface area contributed by atoms with E-state index in [1.165, 1.54) is 4.88 Å². The Morgan fingerprint density at radius 1 is 1.28 bits per heavy atom. The third-order valence-corrected chi connectivity index (χ3v) is 4.74. The quantitative estimate of drug-likeness (QED) is 0.689. The normalized spacial score (nSPS) is 12.4. The maximum atomic E-state index is 6.31. The molecule has 1 heterocycles. The van der Waals surface area contributed by atoms with Crippen molar-refractivity contribution in [1.29, 1.82) is 0 Å². The SMILES string of the molecule is CC(c1cccs1)N(C)c1c(Cl)cccc1CCl. The van der Waals surface area contributed by atoms with Gasteiger partial charge in [0, 0.05) is 17.8 Å². The molecule has 1 aromatic carbocycles.